The molecule has 4 aromatic rings. The SMILES string of the molecule is O=c1oc2ccccc2n1Cc1cnc(-c2ccc(F)c(O)c2F)s1. The molecule has 0 saturated heterocycles. The lowest BCUT2D eigenvalue weighted by Crippen LogP contribution is -2.14. The Kier molecular flexibility index (Phi) is 3.61. The number of oxazole rings is 1. The molecule has 0 aliphatic carbocycles. The normalized spacial score (nSPS) is 11.3. The van der Waals surface area contributed by atoms with Gasteiger partial charge in [-0.15, -0.1) is 11.3 Å². The van der Waals surface area contributed by atoms with Gasteiger partial charge in [-0.1, -0.05) is 12.1 Å². The summed E-state index contributed by atoms with van der Waals surface area (Å²) in [7, 11) is 0. The molecule has 2 heterocycles. The Balaban J connectivity index is 1.72. The highest BCUT2D eigenvalue weighted by Crippen LogP contribution is 2.33. The predicted octanol–water partition coefficient (Wildman–Crippen LogP) is 3.75. The second-order valence-corrected chi connectivity index (χ2v) is 6.43. The Morgan fingerprint density at radius 3 is 2.84 bits per heavy atom. The molecule has 0 aliphatic heterocycles. The van der Waals surface area contributed by atoms with Crippen LogP contribution in [0.25, 0.3) is 21.7 Å². The zero-order valence-corrected chi connectivity index (χ0v) is 13.4. The van der Waals surface area contributed by atoms with Crippen molar-refractivity contribution in [1.82, 2.24) is 9.55 Å². The maximum absolute atomic E-state index is 14.0. The van der Waals surface area contributed by atoms with Gasteiger partial charge >= 0.3 is 5.76 Å². The van der Waals surface area contributed by atoms with Crippen molar-refractivity contribution in [3.05, 3.63) is 69.7 Å². The van der Waals surface area contributed by atoms with Crippen LogP contribution in [0.5, 0.6) is 5.75 Å². The van der Waals surface area contributed by atoms with Crippen molar-refractivity contribution in [3.8, 4) is 16.3 Å². The molecule has 4 rings (SSSR count). The Bertz CT molecular complexity index is 1150. The Morgan fingerprint density at radius 1 is 1.20 bits per heavy atom. The van der Waals surface area contributed by atoms with E-state index in [0.717, 1.165) is 17.4 Å². The van der Waals surface area contributed by atoms with Crippen molar-refractivity contribution in [2.45, 2.75) is 6.54 Å². The van der Waals surface area contributed by atoms with Crippen LogP contribution in [-0.4, -0.2) is 14.7 Å². The maximum Gasteiger partial charge on any atom is 0.420 e. The summed E-state index contributed by atoms with van der Waals surface area (Å²) in [6, 6.07) is 9.21. The highest BCUT2D eigenvalue weighted by atomic mass is 32.1. The number of hydrogen-bond donors (Lipinski definition) is 1. The molecule has 2 aromatic heterocycles. The number of thiazole rings is 1. The van der Waals surface area contributed by atoms with Crippen LogP contribution in [0.3, 0.4) is 0 Å². The quantitative estimate of drug-likeness (QED) is 0.604. The topological polar surface area (TPSA) is 68.3 Å². The van der Waals surface area contributed by atoms with E-state index in [9.17, 15) is 18.7 Å². The average molecular weight is 360 g/mol. The first-order valence-corrected chi connectivity index (χ1v) is 8.06. The molecular weight excluding hydrogens is 350 g/mol. The summed E-state index contributed by atoms with van der Waals surface area (Å²) in [4.78, 5) is 16.8. The van der Waals surface area contributed by atoms with Gasteiger partial charge in [0.15, 0.2) is 23.0 Å². The van der Waals surface area contributed by atoms with E-state index in [-0.39, 0.29) is 17.1 Å². The Morgan fingerprint density at radius 2 is 2.00 bits per heavy atom. The molecule has 25 heavy (non-hydrogen) atoms. The molecule has 0 aliphatic rings. The average Bonchev–Trinajstić information content (AvgIpc) is 3.18. The third-order valence-electron chi connectivity index (χ3n) is 3.74. The minimum atomic E-state index is -1.06. The minimum Gasteiger partial charge on any atom is -0.503 e. The summed E-state index contributed by atoms with van der Waals surface area (Å²) in [6.07, 6.45) is 1.51. The van der Waals surface area contributed by atoms with Crippen LogP contribution in [0.15, 0.2) is 51.8 Å². The highest BCUT2D eigenvalue weighted by molar-refractivity contribution is 7.15. The molecule has 8 heteroatoms. The molecular formula is C17H10F2N2O3S. The minimum absolute atomic E-state index is 0.000418. The number of phenols is 1. The number of para-hydroxylation sites is 2. The molecule has 0 unspecified atom stereocenters. The number of phenolic OH excluding ortho intramolecular Hbond substituents is 1. The third-order valence-corrected chi connectivity index (χ3v) is 4.75. The summed E-state index contributed by atoms with van der Waals surface area (Å²) < 4.78 is 33.8. The van der Waals surface area contributed by atoms with Gasteiger partial charge in [0.25, 0.3) is 0 Å². The predicted molar refractivity (Wildman–Crippen MR) is 88.7 cm³/mol. The fourth-order valence-electron chi connectivity index (χ4n) is 2.53. The van der Waals surface area contributed by atoms with Crippen molar-refractivity contribution in [3.63, 3.8) is 0 Å². The van der Waals surface area contributed by atoms with Crippen molar-refractivity contribution in [2.24, 2.45) is 0 Å². The van der Waals surface area contributed by atoms with E-state index in [1.54, 1.807) is 24.3 Å². The standard InChI is InChI=1S/C17H10F2N2O3S/c18-11-6-5-10(14(19)15(11)22)16-20-7-9(25-16)8-21-12-3-1-2-4-13(12)24-17(21)23/h1-7,22H,8H2. The lowest BCUT2D eigenvalue weighted by Gasteiger charge is -2.02. The van der Waals surface area contributed by atoms with E-state index >= 15 is 0 Å². The first-order chi connectivity index (χ1) is 12.0. The fraction of sp³-hybridized carbons (Fsp3) is 0.0588. The molecule has 0 atom stereocenters. The van der Waals surface area contributed by atoms with Crippen molar-refractivity contribution in [1.29, 1.82) is 0 Å². The van der Waals surface area contributed by atoms with Gasteiger partial charge in [-0.25, -0.2) is 18.6 Å². The van der Waals surface area contributed by atoms with Crippen molar-refractivity contribution >= 4 is 22.4 Å². The van der Waals surface area contributed by atoms with Gasteiger partial charge in [0.1, 0.15) is 5.01 Å². The van der Waals surface area contributed by atoms with E-state index in [4.69, 9.17) is 4.42 Å². The van der Waals surface area contributed by atoms with E-state index in [2.05, 4.69) is 4.98 Å². The van der Waals surface area contributed by atoms with Gasteiger partial charge in [-0.2, -0.15) is 0 Å². The molecule has 0 radical (unpaired) electrons. The van der Waals surface area contributed by atoms with Crippen LogP contribution in [0, 0.1) is 11.6 Å². The van der Waals surface area contributed by atoms with E-state index < -0.39 is 23.1 Å². The second kappa shape index (κ2) is 5.82. The summed E-state index contributed by atoms with van der Waals surface area (Å²) in [6.45, 7) is 0.211. The van der Waals surface area contributed by atoms with Gasteiger partial charge < -0.3 is 9.52 Å². The molecule has 0 spiro atoms. The summed E-state index contributed by atoms with van der Waals surface area (Å²) in [5.41, 5.74) is 1.12. The number of aromatic hydroxyl groups is 1. The van der Waals surface area contributed by atoms with Crippen molar-refractivity contribution < 1.29 is 18.3 Å². The summed E-state index contributed by atoms with van der Waals surface area (Å²) in [5.74, 6) is -3.63. The van der Waals surface area contributed by atoms with E-state index in [0.29, 0.717) is 16.0 Å². The maximum atomic E-state index is 14.0. The molecule has 1 N–H and O–H groups in total. The number of benzene rings is 2. The lowest BCUT2D eigenvalue weighted by atomic mass is 10.2. The van der Waals surface area contributed by atoms with Crippen LogP contribution in [-0.2, 0) is 6.54 Å². The molecule has 0 amide bonds. The third kappa shape index (κ3) is 2.60. The van der Waals surface area contributed by atoms with Gasteiger partial charge in [0.2, 0.25) is 0 Å². The highest BCUT2D eigenvalue weighted by Gasteiger charge is 2.17. The first-order valence-electron chi connectivity index (χ1n) is 7.25. The van der Waals surface area contributed by atoms with Crippen LogP contribution in [0.2, 0.25) is 0 Å². The van der Waals surface area contributed by atoms with Crippen LogP contribution < -0.4 is 5.76 Å². The zero-order valence-electron chi connectivity index (χ0n) is 12.6. The largest absolute Gasteiger partial charge is 0.503 e. The molecule has 2 aromatic carbocycles. The monoisotopic (exact) mass is 360 g/mol. The van der Waals surface area contributed by atoms with Gasteiger partial charge in [-0.05, 0) is 24.3 Å². The molecule has 126 valence electrons. The molecule has 0 fully saturated rings. The number of fused-ring (bicyclic) bond motifs is 1. The second-order valence-electron chi connectivity index (χ2n) is 5.31. The van der Waals surface area contributed by atoms with Crippen LogP contribution in [0.1, 0.15) is 4.88 Å². The van der Waals surface area contributed by atoms with Gasteiger partial charge in [-0.3, -0.25) is 4.57 Å². The smallest absolute Gasteiger partial charge is 0.420 e. The lowest BCUT2D eigenvalue weighted by molar-refractivity contribution is 0.397. The van der Waals surface area contributed by atoms with E-state index in [1.165, 1.54) is 16.8 Å². The van der Waals surface area contributed by atoms with Crippen LogP contribution in [0.4, 0.5) is 8.78 Å². The van der Waals surface area contributed by atoms with Crippen LogP contribution >= 0.6 is 11.3 Å². The molecule has 0 saturated carbocycles. The van der Waals surface area contributed by atoms with E-state index in [1.807, 2.05) is 0 Å². The Hall–Kier alpha value is -3.00. The van der Waals surface area contributed by atoms with Gasteiger partial charge in [0, 0.05) is 11.1 Å². The number of halogens is 2. The first kappa shape index (κ1) is 15.5. The zero-order chi connectivity index (χ0) is 17.6. The Labute approximate surface area is 143 Å². The summed E-state index contributed by atoms with van der Waals surface area (Å²) in [5, 5.41) is 9.67. The molecule has 0 bridgehead atoms. The van der Waals surface area contributed by atoms with Gasteiger partial charge in [0.05, 0.1) is 17.6 Å². The number of hydrogen-bond acceptors (Lipinski definition) is 5. The number of nitrogens with zero attached hydrogens (tertiary/aromatic N) is 2. The summed E-state index contributed by atoms with van der Waals surface area (Å²) >= 11 is 1.14. The van der Waals surface area contributed by atoms with Crippen molar-refractivity contribution in [2.75, 3.05) is 0 Å². The number of rotatable bonds is 3. The molecule has 5 nitrogen and oxygen atoms in total. The fourth-order valence-corrected chi connectivity index (χ4v) is 3.45. The number of aromatic nitrogens is 2.